The van der Waals surface area contributed by atoms with E-state index in [4.69, 9.17) is 19.3 Å². The number of carbonyl (C=O) groups excluding carboxylic acids is 1. The Morgan fingerprint density at radius 1 is 1.38 bits per heavy atom. The minimum Gasteiger partial charge on any atom is -0.493 e. The molecule has 0 saturated heterocycles. The number of aromatic nitrogens is 2. The Bertz CT molecular complexity index is 768. The van der Waals surface area contributed by atoms with Crippen molar-refractivity contribution in [3.05, 3.63) is 30.0 Å². The molecule has 2 N–H and O–H groups in total. The number of aliphatic carboxylic acids is 1. The normalized spacial score (nSPS) is 12.5. The van der Waals surface area contributed by atoms with Crippen molar-refractivity contribution >= 4 is 17.7 Å². The molecule has 0 radical (unpaired) electrons. The second-order valence-electron chi connectivity index (χ2n) is 4.95. The summed E-state index contributed by atoms with van der Waals surface area (Å²) in [6.45, 7) is 0.518. The van der Waals surface area contributed by atoms with E-state index in [1.165, 1.54) is 30.1 Å². The van der Waals surface area contributed by atoms with Gasteiger partial charge in [-0.25, -0.2) is 0 Å². The van der Waals surface area contributed by atoms with Crippen LogP contribution in [0, 0.1) is 0 Å². The highest BCUT2D eigenvalue weighted by atomic mass is 16.6. The van der Waals surface area contributed by atoms with Crippen LogP contribution < -0.4 is 19.5 Å². The molecule has 3 rings (SSSR count). The molecule has 24 heavy (non-hydrogen) atoms. The number of ether oxygens (including phenoxy) is 3. The standard InChI is InChI=1S/C15H15N3O6/c1-22-10-6-9(7-11-14(10)24-5-4-23-11)15(21)16-12-2-3-18(17-12)8-13(19)20/h2-3,6-7H,4-5,8H2,1H3,(H,19,20)(H,16,17,21). The number of carboxylic acids is 1. The van der Waals surface area contributed by atoms with Crippen LogP contribution in [0.15, 0.2) is 24.4 Å². The highest BCUT2D eigenvalue weighted by Gasteiger charge is 2.21. The molecule has 2 aromatic rings. The van der Waals surface area contributed by atoms with Crippen molar-refractivity contribution in [3.63, 3.8) is 0 Å². The van der Waals surface area contributed by atoms with Crippen molar-refractivity contribution in [2.24, 2.45) is 0 Å². The van der Waals surface area contributed by atoms with E-state index >= 15 is 0 Å². The second kappa shape index (κ2) is 6.49. The number of fused-ring (bicyclic) bond motifs is 1. The van der Waals surface area contributed by atoms with E-state index in [1.807, 2.05) is 0 Å². The highest BCUT2D eigenvalue weighted by Crippen LogP contribution is 2.40. The lowest BCUT2D eigenvalue weighted by molar-refractivity contribution is -0.137. The van der Waals surface area contributed by atoms with Crippen LogP contribution in [0.5, 0.6) is 17.2 Å². The van der Waals surface area contributed by atoms with Crippen LogP contribution in [0.1, 0.15) is 10.4 Å². The SMILES string of the molecule is COc1cc(C(=O)Nc2ccn(CC(=O)O)n2)cc2c1OCCO2. The number of benzene rings is 1. The van der Waals surface area contributed by atoms with Gasteiger partial charge < -0.3 is 24.6 Å². The molecule has 2 heterocycles. The summed E-state index contributed by atoms with van der Waals surface area (Å²) in [5, 5.41) is 15.3. The number of hydrogen-bond donors (Lipinski definition) is 2. The summed E-state index contributed by atoms with van der Waals surface area (Å²) in [4.78, 5) is 23.0. The molecular weight excluding hydrogens is 318 g/mol. The maximum absolute atomic E-state index is 12.4. The molecule has 0 aliphatic carbocycles. The molecule has 1 aromatic carbocycles. The number of anilines is 1. The van der Waals surface area contributed by atoms with Crippen LogP contribution in [-0.4, -0.2) is 47.1 Å². The number of carbonyl (C=O) groups is 2. The molecule has 1 aromatic heterocycles. The topological polar surface area (TPSA) is 112 Å². The number of rotatable bonds is 5. The summed E-state index contributed by atoms with van der Waals surface area (Å²) in [7, 11) is 1.48. The van der Waals surface area contributed by atoms with Gasteiger partial charge in [-0.2, -0.15) is 5.10 Å². The largest absolute Gasteiger partial charge is 0.493 e. The van der Waals surface area contributed by atoms with Gasteiger partial charge in [0.05, 0.1) is 7.11 Å². The van der Waals surface area contributed by atoms with Crippen LogP contribution in [0.3, 0.4) is 0 Å². The predicted octanol–water partition coefficient (Wildman–Crippen LogP) is 1.000. The lowest BCUT2D eigenvalue weighted by atomic mass is 10.1. The minimum absolute atomic E-state index is 0.245. The van der Waals surface area contributed by atoms with Gasteiger partial charge in [-0.3, -0.25) is 14.3 Å². The zero-order valence-corrected chi connectivity index (χ0v) is 12.8. The van der Waals surface area contributed by atoms with Gasteiger partial charge in [0.15, 0.2) is 17.3 Å². The van der Waals surface area contributed by atoms with Gasteiger partial charge in [0.1, 0.15) is 19.8 Å². The first kappa shape index (κ1) is 15.7. The molecule has 1 amide bonds. The molecule has 0 spiro atoms. The quantitative estimate of drug-likeness (QED) is 0.839. The smallest absolute Gasteiger partial charge is 0.325 e. The first-order valence-corrected chi connectivity index (χ1v) is 7.11. The molecule has 126 valence electrons. The number of amides is 1. The molecule has 0 saturated carbocycles. The summed E-state index contributed by atoms with van der Waals surface area (Å²) >= 11 is 0. The highest BCUT2D eigenvalue weighted by molar-refractivity contribution is 6.04. The Hall–Kier alpha value is -3.23. The molecule has 9 heteroatoms. The lowest BCUT2D eigenvalue weighted by Gasteiger charge is -2.21. The van der Waals surface area contributed by atoms with Crippen LogP contribution >= 0.6 is 0 Å². The van der Waals surface area contributed by atoms with E-state index in [0.717, 1.165) is 0 Å². The van der Waals surface area contributed by atoms with Crippen LogP contribution in [0.25, 0.3) is 0 Å². The molecule has 0 fully saturated rings. The Balaban J connectivity index is 1.79. The minimum atomic E-state index is -1.02. The molecule has 0 bridgehead atoms. The Kier molecular flexibility index (Phi) is 4.23. The van der Waals surface area contributed by atoms with Gasteiger partial charge >= 0.3 is 5.97 Å². The number of hydrogen-bond acceptors (Lipinski definition) is 6. The molecule has 1 aliphatic heterocycles. The van der Waals surface area contributed by atoms with Crippen LogP contribution in [0.4, 0.5) is 5.82 Å². The van der Waals surface area contributed by atoms with E-state index in [-0.39, 0.29) is 12.4 Å². The average Bonchev–Trinajstić information content (AvgIpc) is 2.99. The van der Waals surface area contributed by atoms with Gasteiger partial charge in [0, 0.05) is 17.8 Å². The van der Waals surface area contributed by atoms with Gasteiger partial charge in [-0.05, 0) is 12.1 Å². The summed E-state index contributed by atoms with van der Waals surface area (Å²) in [5.41, 5.74) is 0.309. The van der Waals surface area contributed by atoms with Crippen molar-refractivity contribution in [1.29, 1.82) is 0 Å². The first-order chi connectivity index (χ1) is 11.6. The fourth-order valence-corrected chi connectivity index (χ4v) is 2.25. The molecule has 9 nitrogen and oxygen atoms in total. The van der Waals surface area contributed by atoms with E-state index < -0.39 is 11.9 Å². The third kappa shape index (κ3) is 3.24. The molecule has 0 unspecified atom stereocenters. The maximum atomic E-state index is 12.4. The summed E-state index contributed by atoms with van der Waals surface area (Å²) in [6, 6.07) is 4.60. The van der Waals surface area contributed by atoms with Crippen molar-refractivity contribution in [2.75, 3.05) is 25.6 Å². The number of nitrogens with one attached hydrogen (secondary N) is 1. The van der Waals surface area contributed by atoms with Gasteiger partial charge in [-0.15, -0.1) is 0 Å². The van der Waals surface area contributed by atoms with Gasteiger partial charge in [0.2, 0.25) is 5.75 Å². The molecule has 1 aliphatic rings. The van der Waals surface area contributed by atoms with E-state index in [1.54, 1.807) is 6.07 Å². The summed E-state index contributed by atoms with van der Waals surface area (Å²) in [5.74, 6) is 0.0930. The van der Waals surface area contributed by atoms with Crippen molar-refractivity contribution in [2.45, 2.75) is 6.54 Å². The lowest BCUT2D eigenvalue weighted by Crippen LogP contribution is -2.18. The van der Waals surface area contributed by atoms with E-state index in [2.05, 4.69) is 10.4 Å². The summed E-state index contributed by atoms with van der Waals surface area (Å²) < 4.78 is 17.4. The fourth-order valence-electron chi connectivity index (χ4n) is 2.25. The van der Waals surface area contributed by atoms with Crippen molar-refractivity contribution in [1.82, 2.24) is 9.78 Å². The first-order valence-electron chi connectivity index (χ1n) is 7.11. The monoisotopic (exact) mass is 333 g/mol. The van der Waals surface area contributed by atoms with Crippen LogP contribution in [-0.2, 0) is 11.3 Å². The zero-order chi connectivity index (χ0) is 17.1. The third-order valence-electron chi connectivity index (χ3n) is 3.27. The van der Waals surface area contributed by atoms with Crippen LogP contribution in [0.2, 0.25) is 0 Å². The number of methoxy groups -OCH3 is 1. The van der Waals surface area contributed by atoms with Crippen molar-refractivity contribution in [3.8, 4) is 17.2 Å². The Morgan fingerprint density at radius 2 is 2.17 bits per heavy atom. The van der Waals surface area contributed by atoms with Gasteiger partial charge in [0.25, 0.3) is 5.91 Å². The average molecular weight is 333 g/mol. The third-order valence-corrected chi connectivity index (χ3v) is 3.27. The predicted molar refractivity (Wildman–Crippen MR) is 81.8 cm³/mol. The maximum Gasteiger partial charge on any atom is 0.325 e. The zero-order valence-electron chi connectivity index (χ0n) is 12.8. The Morgan fingerprint density at radius 3 is 2.92 bits per heavy atom. The van der Waals surface area contributed by atoms with E-state index in [9.17, 15) is 9.59 Å². The second-order valence-corrected chi connectivity index (χ2v) is 4.95. The molecular formula is C15H15N3O6. The summed E-state index contributed by atoms with van der Waals surface area (Å²) in [6.07, 6.45) is 1.47. The van der Waals surface area contributed by atoms with E-state index in [0.29, 0.717) is 36.0 Å². The molecule has 0 atom stereocenters. The van der Waals surface area contributed by atoms with Crippen molar-refractivity contribution < 1.29 is 28.9 Å². The number of nitrogens with zero attached hydrogens (tertiary/aromatic N) is 2. The Labute approximate surface area is 136 Å². The van der Waals surface area contributed by atoms with Gasteiger partial charge in [-0.1, -0.05) is 0 Å². The number of carboxylic acid groups (broad SMARTS) is 1. The fraction of sp³-hybridized carbons (Fsp3) is 0.267.